The molecule has 1 atom stereocenters. The van der Waals surface area contributed by atoms with E-state index in [9.17, 15) is 14.0 Å². The summed E-state index contributed by atoms with van der Waals surface area (Å²) in [6.07, 6.45) is -0.199. The normalized spacial score (nSPS) is 15.2. The molecule has 0 fully saturated rings. The maximum absolute atomic E-state index is 13.9. The summed E-state index contributed by atoms with van der Waals surface area (Å²) in [5, 5.41) is 10.0. The first kappa shape index (κ1) is 18.1. The van der Waals surface area contributed by atoms with Crippen molar-refractivity contribution in [3.8, 4) is 11.4 Å². The van der Waals surface area contributed by atoms with E-state index in [1.54, 1.807) is 37.3 Å². The van der Waals surface area contributed by atoms with Crippen LogP contribution in [0.3, 0.4) is 0 Å². The third kappa shape index (κ3) is 3.46. The molecule has 4 rings (SSSR count). The minimum atomic E-state index is -0.864. The molecule has 0 radical (unpaired) electrons. The van der Waals surface area contributed by atoms with E-state index in [1.165, 1.54) is 16.8 Å². The van der Waals surface area contributed by atoms with Crippen LogP contribution in [-0.2, 0) is 9.59 Å². The van der Waals surface area contributed by atoms with E-state index in [0.717, 1.165) is 11.1 Å². The van der Waals surface area contributed by atoms with Gasteiger partial charge < -0.3 is 5.32 Å². The van der Waals surface area contributed by atoms with E-state index in [4.69, 9.17) is 11.6 Å². The highest BCUT2D eigenvalue weighted by atomic mass is 35.5. The Kier molecular flexibility index (Phi) is 4.56. The van der Waals surface area contributed by atoms with Crippen molar-refractivity contribution < 1.29 is 14.0 Å². The largest absolute Gasteiger partial charge is 0.324 e. The minimum absolute atomic E-state index is 0.0645. The van der Waals surface area contributed by atoms with Crippen LogP contribution in [0.25, 0.3) is 11.4 Å². The summed E-state index contributed by atoms with van der Waals surface area (Å²) in [4.78, 5) is 28.8. The van der Waals surface area contributed by atoms with Crippen LogP contribution in [0.15, 0.2) is 42.5 Å². The van der Waals surface area contributed by atoms with Gasteiger partial charge in [0.25, 0.3) is 5.91 Å². The van der Waals surface area contributed by atoms with E-state index in [2.05, 4.69) is 20.7 Å². The summed E-state index contributed by atoms with van der Waals surface area (Å²) < 4.78 is 15.3. The van der Waals surface area contributed by atoms with Crippen molar-refractivity contribution in [2.45, 2.75) is 19.4 Å². The molecule has 9 heteroatoms. The molecule has 0 aliphatic carbocycles. The predicted molar refractivity (Wildman–Crippen MR) is 103 cm³/mol. The van der Waals surface area contributed by atoms with Gasteiger partial charge in [0.15, 0.2) is 5.82 Å². The third-order valence-electron chi connectivity index (χ3n) is 4.34. The quantitative estimate of drug-likeness (QED) is 0.702. The minimum Gasteiger partial charge on any atom is -0.324 e. The molecule has 0 saturated carbocycles. The Morgan fingerprint density at radius 2 is 2.04 bits per heavy atom. The molecule has 0 spiro atoms. The monoisotopic (exact) mass is 399 g/mol. The van der Waals surface area contributed by atoms with Crippen LogP contribution in [-0.4, -0.2) is 26.6 Å². The highest BCUT2D eigenvalue weighted by Gasteiger charge is 2.35. The van der Waals surface area contributed by atoms with Gasteiger partial charge in [-0.3, -0.25) is 14.9 Å². The van der Waals surface area contributed by atoms with Crippen LogP contribution < -0.4 is 10.6 Å². The highest BCUT2D eigenvalue weighted by molar-refractivity contribution is 6.30. The number of rotatable bonds is 4. The first-order valence-electron chi connectivity index (χ1n) is 8.50. The summed E-state index contributed by atoms with van der Waals surface area (Å²) >= 11 is 5.89. The molecule has 2 heterocycles. The molecule has 1 aromatic heterocycles. The summed E-state index contributed by atoms with van der Waals surface area (Å²) in [5.41, 5.74) is 1.54. The van der Waals surface area contributed by atoms with Gasteiger partial charge in [0.1, 0.15) is 11.9 Å². The van der Waals surface area contributed by atoms with Gasteiger partial charge in [-0.05, 0) is 48.9 Å². The SMILES string of the molecule is Cc1ccc(NC(=O)CC2C(=O)Nc3nc(-c4ccc(Cl)cc4)nn32)c(F)c1. The summed E-state index contributed by atoms with van der Waals surface area (Å²) in [7, 11) is 0. The van der Waals surface area contributed by atoms with E-state index >= 15 is 0 Å². The van der Waals surface area contributed by atoms with Crippen molar-refractivity contribution in [1.29, 1.82) is 0 Å². The fraction of sp³-hybridized carbons (Fsp3) is 0.158. The van der Waals surface area contributed by atoms with Crippen molar-refractivity contribution in [3.63, 3.8) is 0 Å². The van der Waals surface area contributed by atoms with E-state index in [1.807, 2.05) is 0 Å². The first-order valence-corrected chi connectivity index (χ1v) is 8.88. The Morgan fingerprint density at radius 1 is 1.29 bits per heavy atom. The van der Waals surface area contributed by atoms with Gasteiger partial charge in [-0.15, -0.1) is 5.10 Å². The lowest BCUT2D eigenvalue weighted by Gasteiger charge is -2.10. The molecule has 142 valence electrons. The van der Waals surface area contributed by atoms with Crippen LogP contribution in [0.2, 0.25) is 5.02 Å². The molecule has 7 nitrogen and oxygen atoms in total. The highest BCUT2D eigenvalue weighted by Crippen LogP contribution is 2.29. The van der Waals surface area contributed by atoms with Gasteiger partial charge in [-0.2, -0.15) is 4.98 Å². The molecule has 2 amide bonds. The van der Waals surface area contributed by atoms with Gasteiger partial charge in [0.05, 0.1) is 12.1 Å². The summed E-state index contributed by atoms with van der Waals surface area (Å²) in [6, 6.07) is 10.6. The number of fused-ring (bicyclic) bond motifs is 1. The lowest BCUT2D eigenvalue weighted by atomic mass is 10.2. The number of halogens is 2. The Bertz CT molecular complexity index is 1080. The van der Waals surface area contributed by atoms with Crippen molar-refractivity contribution in [2.24, 2.45) is 0 Å². The average molecular weight is 400 g/mol. The number of carbonyl (C=O) groups excluding carboxylic acids is 2. The zero-order chi connectivity index (χ0) is 19.8. The Hall–Kier alpha value is -3.26. The number of aryl methyl sites for hydroxylation is 1. The number of aromatic nitrogens is 3. The standard InChI is InChI=1S/C19H15ClFN5O2/c1-10-2-7-14(13(21)8-10)22-16(27)9-15-18(28)24-19-23-17(25-26(15)19)11-3-5-12(20)6-4-11/h2-8,15H,9H2,1H3,(H,22,27)(H,23,24,25,28). The summed E-state index contributed by atoms with van der Waals surface area (Å²) in [6.45, 7) is 1.75. The molecule has 1 aliphatic rings. The number of nitrogens with zero attached hydrogens (tertiary/aromatic N) is 3. The number of amides is 2. The molecule has 0 bridgehead atoms. The average Bonchev–Trinajstić information content (AvgIpc) is 3.17. The van der Waals surface area contributed by atoms with Crippen molar-refractivity contribution in [1.82, 2.24) is 14.8 Å². The molecule has 1 aliphatic heterocycles. The van der Waals surface area contributed by atoms with Gasteiger partial charge in [0, 0.05) is 10.6 Å². The van der Waals surface area contributed by atoms with Gasteiger partial charge >= 0.3 is 0 Å². The second-order valence-corrected chi connectivity index (χ2v) is 6.89. The van der Waals surface area contributed by atoms with Gasteiger partial charge in [0.2, 0.25) is 11.9 Å². The zero-order valence-corrected chi connectivity index (χ0v) is 15.5. The van der Waals surface area contributed by atoms with Crippen LogP contribution in [0.4, 0.5) is 16.0 Å². The second-order valence-electron chi connectivity index (χ2n) is 6.45. The molecular formula is C19H15ClFN5O2. The Balaban J connectivity index is 1.52. The smallest absolute Gasteiger partial charge is 0.252 e. The Morgan fingerprint density at radius 3 is 2.75 bits per heavy atom. The van der Waals surface area contributed by atoms with Crippen LogP contribution in [0.5, 0.6) is 0 Å². The maximum Gasteiger partial charge on any atom is 0.252 e. The number of benzene rings is 2. The van der Waals surface area contributed by atoms with Crippen LogP contribution >= 0.6 is 11.6 Å². The molecule has 0 saturated heterocycles. The van der Waals surface area contributed by atoms with E-state index < -0.39 is 23.7 Å². The molecule has 3 aromatic rings. The zero-order valence-electron chi connectivity index (χ0n) is 14.7. The predicted octanol–water partition coefficient (Wildman–Crippen LogP) is 3.57. The number of hydrogen-bond donors (Lipinski definition) is 2. The topological polar surface area (TPSA) is 88.9 Å². The number of anilines is 2. The van der Waals surface area contributed by atoms with E-state index in [-0.39, 0.29) is 18.1 Å². The molecule has 28 heavy (non-hydrogen) atoms. The molecule has 2 aromatic carbocycles. The van der Waals surface area contributed by atoms with Crippen molar-refractivity contribution in [2.75, 3.05) is 10.6 Å². The first-order chi connectivity index (χ1) is 13.4. The van der Waals surface area contributed by atoms with Gasteiger partial charge in [-0.25, -0.2) is 9.07 Å². The van der Waals surface area contributed by atoms with Crippen LogP contribution in [0.1, 0.15) is 18.0 Å². The molecule has 2 N–H and O–H groups in total. The fourth-order valence-electron chi connectivity index (χ4n) is 2.93. The number of nitrogens with one attached hydrogen (secondary N) is 2. The fourth-order valence-corrected chi connectivity index (χ4v) is 3.06. The van der Waals surface area contributed by atoms with Crippen molar-refractivity contribution >= 4 is 35.1 Å². The lowest BCUT2D eigenvalue weighted by molar-refractivity contribution is -0.123. The van der Waals surface area contributed by atoms with Crippen molar-refractivity contribution in [3.05, 3.63) is 58.9 Å². The molecule has 1 unspecified atom stereocenters. The number of carbonyl (C=O) groups is 2. The lowest BCUT2D eigenvalue weighted by Crippen LogP contribution is -2.24. The summed E-state index contributed by atoms with van der Waals surface area (Å²) in [5.74, 6) is -0.761. The van der Waals surface area contributed by atoms with Gasteiger partial charge in [-0.1, -0.05) is 17.7 Å². The second kappa shape index (κ2) is 7.05. The van der Waals surface area contributed by atoms with Crippen LogP contribution in [0, 0.1) is 12.7 Å². The number of hydrogen-bond acceptors (Lipinski definition) is 4. The van der Waals surface area contributed by atoms with E-state index in [0.29, 0.717) is 10.8 Å². The molecular weight excluding hydrogens is 385 g/mol. The Labute approximate surface area is 164 Å². The third-order valence-corrected chi connectivity index (χ3v) is 4.60. The maximum atomic E-state index is 13.9.